The third-order valence-corrected chi connectivity index (χ3v) is 2.65. The minimum absolute atomic E-state index is 0.0310. The number of hydrogen-bond donors (Lipinski definition) is 3. The zero-order chi connectivity index (χ0) is 14.8. The second kappa shape index (κ2) is 9.34. The van der Waals surface area contributed by atoms with Gasteiger partial charge in [-0.15, -0.1) is 0 Å². The summed E-state index contributed by atoms with van der Waals surface area (Å²) in [5.41, 5.74) is 1.14. The molecule has 0 radical (unpaired) electrons. The van der Waals surface area contributed by atoms with Crippen molar-refractivity contribution in [3.63, 3.8) is 0 Å². The number of benzene rings is 1. The molecular formula is C15H24N2O3. The molecule has 0 aliphatic rings. The van der Waals surface area contributed by atoms with E-state index >= 15 is 0 Å². The zero-order valence-electron chi connectivity index (χ0n) is 12.2. The molecule has 1 amide bonds. The Morgan fingerprint density at radius 3 is 2.90 bits per heavy atom. The van der Waals surface area contributed by atoms with Crippen LogP contribution in [0.15, 0.2) is 24.3 Å². The Labute approximate surface area is 120 Å². The fraction of sp³-hybridized carbons (Fsp3) is 0.533. The van der Waals surface area contributed by atoms with Crippen LogP contribution in [0.4, 0.5) is 0 Å². The second-order valence-corrected chi connectivity index (χ2v) is 4.82. The predicted octanol–water partition coefficient (Wildman–Crippen LogP) is 0.851. The van der Waals surface area contributed by atoms with E-state index in [4.69, 9.17) is 9.84 Å². The van der Waals surface area contributed by atoms with Crippen molar-refractivity contribution >= 4 is 5.91 Å². The second-order valence-electron chi connectivity index (χ2n) is 4.82. The number of carbonyl (C=O) groups is 1. The first kappa shape index (κ1) is 16.5. The van der Waals surface area contributed by atoms with Crippen LogP contribution in [-0.2, 0) is 4.79 Å². The summed E-state index contributed by atoms with van der Waals surface area (Å²) in [5.74, 6) is 0.757. The van der Waals surface area contributed by atoms with Gasteiger partial charge in [0.15, 0.2) is 0 Å². The summed E-state index contributed by atoms with van der Waals surface area (Å²) in [6, 6.07) is 7.75. The Hall–Kier alpha value is -1.59. The fourth-order valence-corrected chi connectivity index (χ4v) is 1.66. The molecule has 0 aliphatic carbocycles. The predicted molar refractivity (Wildman–Crippen MR) is 78.9 cm³/mol. The summed E-state index contributed by atoms with van der Waals surface area (Å²) in [4.78, 5) is 11.5. The number of carbonyl (C=O) groups excluding carboxylic acids is 1. The van der Waals surface area contributed by atoms with Crippen LogP contribution in [-0.4, -0.2) is 43.4 Å². The average Bonchev–Trinajstić information content (AvgIpc) is 2.38. The fourth-order valence-electron chi connectivity index (χ4n) is 1.66. The molecule has 1 rings (SSSR count). The Bertz CT molecular complexity index is 408. The number of amides is 1. The first-order valence-electron chi connectivity index (χ1n) is 6.93. The van der Waals surface area contributed by atoms with Gasteiger partial charge in [0.2, 0.25) is 5.91 Å². The summed E-state index contributed by atoms with van der Waals surface area (Å²) < 4.78 is 5.51. The number of hydrogen-bond acceptors (Lipinski definition) is 4. The topological polar surface area (TPSA) is 70.6 Å². The largest absolute Gasteiger partial charge is 0.493 e. The van der Waals surface area contributed by atoms with Gasteiger partial charge in [-0.3, -0.25) is 4.79 Å². The maximum absolute atomic E-state index is 11.5. The highest BCUT2D eigenvalue weighted by atomic mass is 16.5. The quantitative estimate of drug-likeness (QED) is 0.587. The highest BCUT2D eigenvalue weighted by Crippen LogP contribution is 2.12. The Morgan fingerprint density at radius 1 is 1.40 bits per heavy atom. The molecule has 0 fully saturated rings. The van der Waals surface area contributed by atoms with Crippen molar-refractivity contribution < 1.29 is 14.6 Å². The van der Waals surface area contributed by atoms with Gasteiger partial charge < -0.3 is 20.5 Å². The minimum atomic E-state index is -0.367. The van der Waals surface area contributed by atoms with E-state index in [1.165, 1.54) is 0 Å². The first-order valence-corrected chi connectivity index (χ1v) is 6.93. The molecule has 0 aliphatic heterocycles. The molecule has 20 heavy (non-hydrogen) atoms. The molecule has 0 bridgehead atoms. The third-order valence-electron chi connectivity index (χ3n) is 2.65. The molecule has 1 aromatic carbocycles. The van der Waals surface area contributed by atoms with Crippen molar-refractivity contribution in [1.29, 1.82) is 0 Å². The van der Waals surface area contributed by atoms with E-state index in [1.54, 1.807) is 6.92 Å². The van der Waals surface area contributed by atoms with Crippen molar-refractivity contribution in [2.24, 2.45) is 0 Å². The molecule has 1 atom stereocenters. The highest BCUT2D eigenvalue weighted by molar-refractivity contribution is 5.75. The Morgan fingerprint density at radius 2 is 2.20 bits per heavy atom. The van der Waals surface area contributed by atoms with Crippen molar-refractivity contribution in [3.8, 4) is 5.75 Å². The number of nitrogens with one attached hydrogen (secondary N) is 2. The summed E-state index contributed by atoms with van der Waals surface area (Å²) in [5, 5.41) is 14.9. The molecule has 5 heteroatoms. The number of aryl methyl sites for hydroxylation is 1. The van der Waals surface area contributed by atoms with Gasteiger partial charge in [-0.2, -0.15) is 0 Å². The zero-order valence-corrected chi connectivity index (χ0v) is 12.2. The van der Waals surface area contributed by atoms with E-state index in [0.717, 1.165) is 11.3 Å². The molecule has 0 saturated carbocycles. The molecular weight excluding hydrogens is 256 g/mol. The van der Waals surface area contributed by atoms with Crippen molar-refractivity contribution in [1.82, 2.24) is 10.6 Å². The normalized spacial score (nSPS) is 11.9. The van der Waals surface area contributed by atoms with Crippen molar-refractivity contribution in [3.05, 3.63) is 29.8 Å². The van der Waals surface area contributed by atoms with E-state index in [9.17, 15) is 4.79 Å². The highest BCUT2D eigenvalue weighted by Gasteiger charge is 2.02. The van der Waals surface area contributed by atoms with Crippen LogP contribution in [0.2, 0.25) is 0 Å². The molecule has 3 N–H and O–H groups in total. The molecule has 0 heterocycles. The van der Waals surface area contributed by atoms with Gasteiger partial charge in [-0.05, 0) is 31.5 Å². The minimum Gasteiger partial charge on any atom is -0.493 e. The van der Waals surface area contributed by atoms with Gasteiger partial charge in [0, 0.05) is 19.6 Å². The lowest BCUT2D eigenvalue weighted by Crippen LogP contribution is -2.34. The van der Waals surface area contributed by atoms with Crippen LogP contribution in [0.3, 0.4) is 0 Å². The summed E-state index contributed by atoms with van der Waals surface area (Å²) in [6.07, 6.45) is -0.0296. The smallest absolute Gasteiger partial charge is 0.223 e. The van der Waals surface area contributed by atoms with Gasteiger partial charge in [-0.1, -0.05) is 12.1 Å². The summed E-state index contributed by atoms with van der Waals surface area (Å²) in [7, 11) is 0. The molecule has 1 unspecified atom stereocenters. The Balaban J connectivity index is 2.05. The van der Waals surface area contributed by atoms with E-state index in [0.29, 0.717) is 32.7 Å². The first-order chi connectivity index (χ1) is 9.58. The maximum atomic E-state index is 11.5. The van der Waals surface area contributed by atoms with Gasteiger partial charge in [0.1, 0.15) is 5.75 Å². The van der Waals surface area contributed by atoms with Crippen LogP contribution in [0.1, 0.15) is 18.9 Å². The average molecular weight is 280 g/mol. The summed E-state index contributed by atoms with van der Waals surface area (Å²) >= 11 is 0. The van der Waals surface area contributed by atoms with E-state index in [2.05, 4.69) is 10.6 Å². The molecule has 1 aromatic rings. The molecule has 5 nitrogen and oxygen atoms in total. The third kappa shape index (κ3) is 7.76. The van der Waals surface area contributed by atoms with Gasteiger partial charge in [0.05, 0.1) is 19.1 Å². The van der Waals surface area contributed by atoms with Crippen molar-refractivity contribution in [2.45, 2.75) is 26.4 Å². The van der Waals surface area contributed by atoms with Crippen LogP contribution in [0.25, 0.3) is 0 Å². The standard InChI is InChI=1S/C15H24N2O3/c1-12-4-3-5-14(10-12)20-9-6-15(19)17-8-7-16-11-13(2)18/h3-5,10,13,16,18H,6-9,11H2,1-2H3,(H,17,19). The molecule has 0 saturated heterocycles. The van der Waals surface area contributed by atoms with Gasteiger partial charge in [0.25, 0.3) is 0 Å². The summed E-state index contributed by atoms with van der Waals surface area (Å²) in [6.45, 7) is 5.82. The van der Waals surface area contributed by atoms with E-state index in [-0.39, 0.29) is 12.0 Å². The lowest BCUT2D eigenvalue weighted by Gasteiger charge is -2.09. The SMILES string of the molecule is Cc1cccc(OCCC(=O)NCCNCC(C)O)c1. The molecule has 112 valence electrons. The molecule has 0 spiro atoms. The number of aliphatic hydroxyl groups is 1. The van der Waals surface area contributed by atoms with E-state index < -0.39 is 0 Å². The lowest BCUT2D eigenvalue weighted by atomic mass is 10.2. The van der Waals surface area contributed by atoms with Crippen molar-refractivity contribution in [2.75, 3.05) is 26.2 Å². The number of rotatable bonds is 9. The number of aliphatic hydroxyl groups excluding tert-OH is 1. The molecule has 0 aromatic heterocycles. The van der Waals surface area contributed by atoms with Crippen LogP contribution < -0.4 is 15.4 Å². The van der Waals surface area contributed by atoms with Crippen LogP contribution in [0.5, 0.6) is 5.75 Å². The monoisotopic (exact) mass is 280 g/mol. The maximum Gasteiger partial charge on any atom is 0.223 e. The van der Waals surface area contributed by atoms with Gasteiger partial charge in [-0.25, -0.2) is 0 Å². The van der Waals surface area contributed by atoms with E-state index in [1.807, 2.05) is 31.2 Å². The van der Waals surface area contributed by atoms with Crippen LogP contribution >= 0.6 is 0 Å². The van der Waals surface area contributed by atoms with Crippen LogP contribution in [0, 0.1) is 6.92 Å². The lowest BCUT2D eigenvalue weighted by molar-refractivity contribution is -0.121. The number of ether oxygens (including phenoxy) is 1. The van der Waals surface area contributed by atoms with Gasteiger partial charge >= 0.3 is 0 Å². The Kier molecular flexibility index (Phi) is 7.69.